The number of halogens is 2. The summed E-state index contributed by atoms with van der Waals surface area (Å²) in [5, 5.41) is 9.94. The monoisotopic (exact) mass is 257 g/mol. The van der Waals surface area contributed by atoms with E-state index in [1.54, 1.807) is 0 Å². The normalized spacial score (nSPS) is 13.3. The van der Waals surface area contributed by atoms with Crippen LogP contribution >= 0.6 is 0 Å². The maximum Gasteiger partial charge on any atom is 0.126 e. The molecule has 1 atom stereocenters. The zero-order valence-corrected chi connectivity index (χ0v) is 11.2. The molecule has 0 fully saturated rings. The van der Waals surface area contributed by atoms with Crippen LogP contribution in [-0.2, 0) is 0 Å². The first-order chi connectivity index (χ1) is 8.43. The molecule has 0 saturated heterocycles. The Bertz CT molecular complexity index is 362. The van der Waals surface area contributed by atoms with Crippen molar-refractivity contribution in [3.63, 3.8) is 0 Å². The topological polar surface area (TPSA) is 23.5 Å². The minimum atomic E-state index is -0.831. The molecule has 0 saturated carbocycles. The Morgan fingerprint density at radius 2 is 1.72 bits per heavy atom. The van der Waals surface area contributed by atoms with Gasteiger partial charge in [-0.25, -0.2) is 8.78 Å². The molecule has 0 radical (unpaired) electrons. The molecule has 18 heavy (non-hydrogen) atoms. The van der Waals surface area contributed by atoms with E-state index in [1.807, 2.05) is 6.92 Å². The molecule has 1 rings (SSSR count). The van der Waals surface area contributed by atoms with Crippen molar-refractivity contribution in [3.05, 3.63) is 35.4 Å². The lowest BCUT2D eigenvalue weighted by molar-refractivity contribution is 0.132. The molecular weight excluding hydrogens is 236 g/mol. The molecule has 0 spiro atoms. The number of rotatable bonds is 6. The van der Waals surface area contributed by atoms with E-state index in [-0.39, 0.29) is 0 Å². The van der Waals surface area contributed by atoms with Crippen molar-refractivity contribution in [2.75, 3.05) is 13.1 Å². The minimum absolute atomic E-state index is 0.298. The van der Waals surface area contributed by atoms with Crippen molar-refractivity contribution in [1.29, 1.82) is 0 Å². The average Bonchev–Trinajstić information content (AvgIpc) is 2.27. The van der Waals surface area contributed by atoms with E-state index in [0.717, 1.165) is 12.6 Å². The van der Waals surface area contributed by atoms with E-state index in [1.165, 1.54) is 12.1 Å². The fourth-order valence-corrected chi connectivity index (χ4v) is 2.00. The molecule has 0 heterocycles. The number of aliphatic hydroxyl groups excluding tert-OH is 1. The lowest BCUT2D eigenvalue weighted by atomic mass is 10.1. The number of benzene rings is 1. The molecule has 1 N–H and O–H groups in total. The Labute approximate surface area is 107 Å². The third kappa shape index (κ3) is 4.35. The zero-order chi connectivity index (χ0) is 13.7. The molecule has 1 aromatic carbocycles. The Morgan fingerprint density at radius 1 is 1.17 bits per heavy atom. The van der Waals surface area contributed by atoms with Crippen molar-refractivity contribution in [2.24, 2.45) is 0 Å². The van der Waals surface area contributed by atoms with Crippen LogP contribution in [0.4, 0.5) is 8.78 Å². The second kappa shape index (κ2) is 6.81. The van der Waals surface area contributed by atoms with E-state index >= 15 is 0 Å². The minimum Gasteiger partial charge on any atom is -0.388 e. The Kier molecular flexibility index (Phi) is 5.69. The highest BCUT2D eigenvalue weighted by atomic mass is 19.1. The molecule has 1 unspecified atom stereocenters. The van der Waals surface area contributed by atoms with Crippen molar-refractivity contribution < 1.29 is 13.9 Å². The van der Waals surface area contributed by atoms with Crippen LogP contribution in [0.15, 0.2) is 18.2 Å². The summed E-state index contributed by atoms with van der Waals surface area (Å²) < 4.78 is 26.0. The number of hydrogen-bond acceptors (Lipinski definition) is 2. The van der Waals surface area contributed by atoms with E-state index in [9.17, 15) is 13.9 Å². The molecule has 2 nitrogen and oxygen atoms in total. The van der Waals surface area contributed by atoms with Gasteiger partial charge >= 0.3 is 0 Å². The van der Waals surface area contributed by atoms with E-state index in [2.05, 4.69) is 18.7 Å². The summed E-state index contributed by atoms with van der Waals surface area (Å²) in [6.45, 7) is 7.80. The lowest BCUT2D eigenvalue weighted by Gasteiger charge is -2.25. The Balaban J connectivity index is 2.62. The van der Waals surface area contributed by atoms with Crippen molar-refractivity contribution in [3.8, 4) is 0 Å². The first kappa shape index (κ1) is 15.1. The number of hydrogen-bond donors (Lipinski definition) is 1. The van der Waals surface area contributed by atoms with Gasteiger partial charge in [-0.3, -0.25) is 0 Å². The second-order valence-electron chi connectivity index (χ2n) is 4.73. The van der Waals surface area contributed by atoms with Gasteiger partial charge in [0.05, 0.1) is 6.10 Å². The van der Waals surface area contributed by atoms with Gasteiger partial charge in [-0.15, -0.1) is 0 Å². The molecule has 0 aliphatic rings. The van der Waals surface area contributed by atoms with E-state index in [0.29, 0.717) is 24.6 Å². The van der Waals surface area contributed by atoms with Crippen molar-refractivity contribution >= 4 is 0 Å². The predicted octanol–water partition coefficient (Wildman–Crippen LogP) is 3.12. The van der Waals surface area contributed by atoms with E-state index < -0.39 is 17.7 Å². The summed E-state index contributed by atoms with van der Waals surface area (Å²) in [6, 6.07) is 3.56. The van der Waals surface area contributed by atoms with Gasteiger partial charge in [-0.05, 0) is 44.5 Å². The predicted molar refractivity (Wildman–Crippen MR) is 68.3 cm³/mol. The molecule has 0 aliphatic carbocycles. The molecule has 4 heteroatoms. The molecular formula is C14H21F2NO. The van der Waals surface area contributed by atoms with Crippen LogP contribution in [0.3, 0.4) is 0 Å². The van der Waals surface area contributed by atoms with Gasteiger partial charge in [-0.1, -0.05) is 6.92 Å². The second-order valence-corrected chi connectivity index (χ2v) is 4.73. The standard InChI is InChI=1S/C14H21F2NO/c1-4-17(10(2)3)6-5-14(18)11-7-12(15)9-13(16)8-11/h7-10,14,18H,4-6H2,1-3H3. The third-order valence-electron chi connectivity index (χ3n) is 3.10. The molecule has 0 aromatic heterocycles. The summed E-state index contributed by atoms with van der Waals surface area (Å²) in [7, 11) is 0. The largest absolute Gasteiger partial charge is 0.388 e. The summed E-state index contributed by atoms with van der Waals surface area (Å²) >= 11 is 0. The summed E-state index contributed by atoms with van der Waals surface area (Å²) in [6.07, 6.45) is -0.363. The quantitative estimate of drug-likeness (QED) is 0.846. The maximum atomic E-state index is 13.0. The van der Waals surface area contributed by atoms with Crippen LogP contribution in [0.1, 0.15) is 38.9 Å². The summed E-state index contributed by atoms with van der Waals surface area (Å²) in [4.78, 5) is 2.19. The lowest BCUT2D eigenvalue weighted by Crippen LogP contribution is -2.32. The molecule has 102 valence electrons. The van der Waals surface area contributed by atoms with Gasteiger partial charge in [0.15, 0.2) is 0 Å². The van der Waals surface area contributed by atoms with Gasteiger partial charge < -0.3 is 10.0 Å². The van der Waals surface area contributed by atoms with Crippen LogP contribution < -0.4 is 0 Å². The summed E-state index contributed by atoms with van der Waals surface area (Å²) in [5.74, 6) is -1.31. The van der Waals surface area contributed by atoms with Gasteiger partial charge in [0.1, 0.15) is 11.6 Å². The van der Waals surface area contributed by atoms with Crippen LogP contribution in [0.25, 0.3) is 0 Å². The van der Waals surface area contributed by atoms with Crippen molar-refractivity contribution in [1.82, 2.24) is 4.90 Å². The highest BCUT2D eigenvalue weighted by Crippen LogP contribution is 2.19. The Hall–Kier alpha value is -1.00. The fraction of sp³-hybridized carbons (Fsp3) is 0.571. The van der Waals surface area contributed by atoms with Crippen LogP contribution in [0.2, 0.25) is 0 Å². The fourth-order valence-electron chi connectivity index (χ4n) is 2.00. The first-order valence-electron chi connectivity index (χ1n) is 6.32. The SMILES string of the molecule is CCN(CCC(O)c1cc(F)cc(F)c1)C(C)C. The Morgan fingerprint density at radius 3 is 2.17 bits per heavy atom. The van der Waals surface area contributed by atoms with Crippen LogP contribution in [0.5, 0.6) is 0 Å². The van der Waals surface area contributed by atoms with Gasteiger partial charge in [0.2, 0.25) is 0 Å². The van der Waals surface area contributed by atoms with Gasteiger partial charge in [-0.2, -0.15) is 0 Å². The zero-order valence-electron chi connectivity index (χ0n) is 11.2. The maximum absolute atomic E-state index is 13.0. The van der Waals surface area contributed by atoms with Gasteiger partial charge in [0.25, 0.3) is 0 Å². The number of nitrogens with zero attached hydrogens (tertiary/aromatic N) is 1. The van der Waals surface area contributed by atoms with E-state index in [4.69, 9.17) is 0 Å². The molecule has 0 aliphatic heterocycles. The number of aliphatic hydroxyl groups is 1. The van der Waals surface area contributed by atoms with Gasteiger partial charge in [0, 0.05) is 18.7 Å². The molecule has 0 bridgehead atoms. The van der Waals surface area contributed by atoms with Crippen LogP contribution in [-0.4, -0.2) is 29.1 Å². The molecule has 0 amide bonds. The average molecular weight is 257 g/mol. The first-order valence-corrected chi connectivity index (χ1v) is 6.32. The van der Waals surface area contributed by atoms with Crippen molar-refractivity contribution in [2.45, 2.75) is 39.3 Å². The smallest absolute Gasteiger partial charge is 0.126 e. The molecule has 1 aromatic rings. The highest BCUT2D eigenvalue weighted by molar-refractivity contribution is 5.20. The third-order valence-corrected chi connectivity index (χ3v) is 3.10. The summed E-state index contributed by atoms with van der Waals surface area (Å²) in [5.41, 5.74) is 0.298. The highest BCUT2D eigenvalue weighted by Gasteiger charge is 2.13. The van der Waals surface area contributed by atoms with Crippen LogP contribution in [0, 0.1) is 11.6 Å².